The number of likely N-dealkylation sites (tertiary alicyclic amines) is 1. The summed E-state index contributed by atoms with van der Waals surface area (Å²) in [6.07, 6.45) is 0.302. The molecule has 0 bridgehead atoms. The molecular weight excluding hydrogens is 353 g/mol. The van der Waals surface area contributed by atoms with Gasteiger partial charge in [-0.3, -0.25) is 14.5 Å². The predicted octanol–water partition coefficient (Wildman–Crippen LogP) is 0.920. The number of benzene rings is 1. The van der Waals surface area contributed by atoms with E-state index in [2.05, 4.69) is 4.90 Å². The molecule has 3 heterocycles. The van der Waals surface area contributed by atoms with E-state index in [9.17, 15) is 14.0 Å². The van der Waals surface area contributed by atoms with Crippen LogP contribution in [0.2, 0.25) is 0 Å². The number of carbonyl (C=O) groups excluding carboxylic acids is 2. The number of imide groups is 1. The third-order valence-corrected chi connectivity index (χ3v) is 6.09. The van der Waals surface area contributed by atoms with Crippen LogP contribution in [0.1, 0.15) is 11.3 Å². The van der Waals surface area contributed by atoms with Gasteiger partial charge in [0.1, 0.15) is 5.82 Å². The first-order chi connectivity index (χ1) is 12.6. The van der Waals surface area contributed by atoms with E-state index < -0.39 is 0 Å². The molecule has 1 aromatic heterocycles. The normalized spacial score (nSPS) is 21.7. The zero-order chi connectivity index (χ0) is 18.1. The number of hydrogen-bond donors (Lipinski definition) is 1. The Hall–Kier alpha value is -2.25. The van der Waals surface area contributed by atoms with Gasteiger partial charge in [0, 0.05) is 10.6 Å². The van der Waals surface area contributed by atoms with Crippen LogP contribution in [0.15, 0.2) is 41.8 Å². The van der Waals surface area contributed by atoms with E-state index in [-0.39, 0.29) is 23.7 Å². The van der Waals surface area contributed by atoms with Crippen molar-refractivity contribution in [2.75, 3.05) is 31.1 Å². The summed E-state index contributed by atoms with van der Waals surface area (Å²) in [4.78, 5) is 30.9. The first kappa shape index (κ1) is 17.2. The Labute approximate surface area is 155 Å². The molecule has 2 aliphatic rings. The quantitative estimate of drug-likeness (QED) is 0.810. The van der Waals surface area contributed by atoms with E-state index in [4.69, 9.17) is 0 Å². The maximum Gasteiger partial charge on any atom is 0.288 e. The molecule has 2 amide bonds. The molecule has 26 heavy (non-hydrogen) atoms. The molecule has 2 saturated heterocycles. The summed E-state index contributed by atoms with van der Waals surface area (Å²) in [6, 6.07) is 10.1. The molecule has 2 aliphatic heterocycles. The summed E-state index contributed by atoms with van der Waals surface area (Å²) >= 11 is 1.56. The summed E-state index contributed by atoms with van der Waals surface area (Å²) in [5, 5.41) is 1.96. The molecule has 1 aromatic carbocycles. The van der Waals surface area contributed by atoms with Gasteiger partial charge in [0.2, 0.25) is 5.91 Å². The zero-order valence-electron chi connectivity index (χ0n) is 14.4. The van der Waals surface area contributed by atoms with Crippen molar-refractivity contribution in [1.82, 2.24) is 4.90 Å². The molecule has 5 nitrogen and oxygen atoms in total. The molecule has 0 unspecified atom stereocenters. The summed E-state index contributed by atoms with van der Waals surface area (Å²) in [5.74, 6) is -0.352. The maximum absolute atomic E-state index is 13.1. The van der Waals surface area contributed by atoms with Gasteiger partial charge in [0.05, 0.1) is 39.1 Å². The molecule has 2 aromatic rings. The molecular formula is C19H21FN3O2S+. The smallest absolute Gasteiger partial charge is 0.288 e. The first-order valence-electron chi connectivity index (χ1n) is 8.83. The highest BCUT2D eigenvalue weighted by molar-refractivity contribution is 7.09. The highest BCUT2D eigenvalue weighted by Gasteiger charge is 2.45. The molecule has 136 valence electrons. The van der Waals surface area contributed by atoms with Crippen molar-refractivity contribution >= 4 is 28.8 Å². The number of piperazine rings is 1. The Morgan fingerprint density at radius 3 is 2.50 bits per heavy atom. The van der Waals surface area contributed by atoms with Crippen molar-refractivity contribution in [2.45, 2.75) is 19.0 Å². The molecule has 0 aliphatic carbocycles. The fourth-order valence-corrected chi connectivity index (χ4v) is 4.47. The molecule has 2 fully saturated rings. The minimum Gasteiger partial charge on any atom is -0.360 e. The van der Waals surface area contributed by atoms with Gasteiger partial charge in [0.15, 0.2) is 6.04 Å². The lowest BCUT2D eigenvalue weighted by Gasteiger charge is -2.35. The largest absolute Gasteiger partial charge is 0.360 e. The van der Waals surface area contributed by atoms with E-state index in [1.807, 2.05) is 17.5 Å². The zero-order valence-corrected chi connectivity index (χ0v) is 15.2. The van der Waals surface area contributed by atoms with E-state index in [0.717, 1.165) is 36.7 Å². The minimum absolute atomic E-state index is 0.0476. The summed E-state index contributed by atoms with van der Waals surface area (Å²) in [5.41, 5.74) is 0.999. The molecule has 0 saturated carbocycles. The van der Waals surface area contributed by atoms with E-state index in [1.165, 1.54) is 21.9 Å². The van der Waals surface area contributed by atoms with Crippen molar-refractivity contribution in [3.05, 3.63) is 52.5 Å². The number of nitrogens with zero attached hydrogens (tertiary/aromatic N) is 2. The third-order valence-electron chi connectivity index (χ3n) is 5.23. The number of quaternary nitrogens is 1. The SMILES string of the molecule is O=C1C[C@H]([NH+]2CCN(c3ccc(F)cc3)CC2)C(=O)N1Cc1cccs1. The van der Waals surface area contributed by atoms with Gasteiger partial charge in [-0.1, -0.05) is 6.07 Å². The summed E-state index contributed by atoms with van der Waals surface area (Å²) < 4.78 is 13.1. The number of amides is 2. The fraction of sp³-hybridized carbons (Fsp3) is 0.368. The van der Waals surface area contributed by atoms with Crippen molar-refractivity contribution in [3.8, 4) is 0 Å². The van der Waals surface area contributed by atoms with Crippen LogP contribution in [-0.4, -0.2) is 48.9 Å². The third kappa shape index (κ3) is 3.37. The molecule has 4 rings (SSSR count). The number of rotatable bonds is 4. The molecule has 0 spiro atoms. The maximum atomic E-state index is 13.1. The van der Waals surface area contributed by atoms with Crippen LogP contribution >= 0.6 is 11.3 Å². The highest BCUT2D eigenvalue weighted by Crippen LogP contribution is 2.19. The fourth-order valence-electron chi connectivity index (χ4n) is 3.78. The van der Waals surface area contributed by atoms with Crippen LogP contribution in [0.3, 0.4) is 0 Å². The Morgan fingerprint density at radius 1 is 1.12 bits per heavy atom. The second-order valence-electron chi connectivity index (χ2n) is 6.78. The lowest BCUT2D eigenvalue weighted by Crippen LogP contribution is -3.19. The van der Waals surface area contributed by atoms with Crippen LogP contribution < -0.4 is 9.80 Å². The number of halogens is 1. The van der Waals surface area contributed by atoms with Gasteiger partial charge in [-0.05, 0) is 35.7 Å². The van der Waals surface area contributed by atoms with Crippen molar-refractivity contribution < 1.29 is 18.9 Å². The Kier molecular flexibility index (Phi) is 4.74. The Morgan fingerprint density at radius 2 is 1.85 bits per heavy atom. The van der Waals surface area contributed by atoms with Gasteiger partial charge in [0.25, 0.3) is 5.91 Å². The van der Waals surface area contributed by atoms with Gasteiger partial charge in [-0.2, -0.15) is 0 Å². The second-order valence-corrected chi connectivity index (χ2v) is 7.81. The van der Waals surface area contributed by atoms with E-state index >= 15 is 0 Å². The Bertz CT molecular complexity index is 786. The van der Waals surface area contributed by atoms with Gasteiger partial charge in [-0.25, -0.2) is 4.39 Å². The molecule has 7 heteroatoms. The van der Waals surface area contributed by atoms with E-state index in [1.54, 1.807) is 23.5 Å². The standard InChI is InChI=1S/C19H20FN3O2S/c20-14-3-5-15(6-4-14)21-7-9-22(10-8-21)17-12-18(24)23(19(17)25)13-16-2-1-11-26-16/h1-6,11,17H,7-10,12-13H2/p+1/t17-/m0/s1. The van der Waals surface area contributed by atoms with Crippen LogP contribution in [0.5, 0.6) is 0 Å². The van der Waals surface area contributed by atoms with Gasteiger partial charge >= 0.3 is 0 Å². The van der Waals surface area contributed by atoms with Crippen LogP contribution in [0.25, 0.3) is 0 Å². The van der Waals surface area contributed by atoms with Gasteiger partial charge in [-0.15, -0.1) is 11.3 Å². The monoisotopic (exact) mass is 374 g/mol. The first-order valence-corrected chi connectivity index (χ1v) is 9.71. The molecule has 1 N–H and O–H groups in total. The van der Waals surface area contributed by atoms with E-state index in [0.29, 0.717) is 13.0 Å². The average Bonchev–Trinajstić information content (AvgIpc) is 3.26. The number of anilines is 1. The van der Waals surface area contributed by atoms with Crippen LogP contribution in [0, 0.1) is 5.82 Å². The van der Waals surface area contributed by atoms with Gasteiger partial charge < -0.3 is 9.80 Å². The Balaban J connectivity index is 1.37. The molecule has 1 atom stereocenters. The van der Waals surface area contributed by atoms with Crippen molar-refractivity contribution in [2.24, 2.45) is 0 Å². The topological polar surface area (TPSA) is 45.1 Å². The summed E-state index contributed by atoms with van der Waals surface area (Å²) in [6.45, 7) is 3.58. The van der Waals surface area contributed by atoms with Crippen LogP contribution in [-0.2, 0) is 16.1 Å². The highest BCUT2D eigenvalue weighted by atomic mass is 32.1. The number of hydrogen-bond acceptors (Lipinski definition) is 4. The predicted molar refractivity (Wildman–Crippen MR) is 97.6 cm³/mol. The van der Waals surface area contributed by atoms with Crippen molar-refractivity contribution in [1.29, 1.82) is 0 Å². The minimum atomic E-state index is -0.266. The van der Waals surface area contributed by atoms with Crippen LogP contribution in [0.4, 0.5) is 10.1 Å². The average molecular weight is 374 g/mol. The molecule has 0 radical (unpaired) electrons. The lowest BCUT2D eigenvalue weighted by molar-refractivity contribution is -0.915. The number of thiophene rings is 1. The number of nitrogens with one attached hydrogen (secondary N) is 1. The lowest BCUT2D eigenvalue weighted by atomic mass is 10.1. The van der Waals surface area contributed by atoms with Crippen molar-refractivity contribution in [3.63, 3.8) is 0 Å². The number of carbonyl (C=O) groups is 2. The summed E-state index contributed by atoms with van der Waals surface area (Å²) in [7, 11) is 0. The second kappa shape index (κ2) is 7.17.